The zero-order valence-corrected chi connectivity index (χ0v) is 19.1. The van der Waals surface area contributed by atoms with Crippen molar-refractivity contribution >= 4 is 17.6 Å². The van der Waals surface area contributed by atoms with E-state index in [9.17, 15) is 41.8 Å². The minimum Gasteiger partial charge on any atom is -0.508 e. The Morgan fingerprint density at radius 2 is 1.41 bits per heavy atom. The topological polar surface area (TPSA) is 105 Å². The van der Waals surface area contributed by atoms with E-state index in [0.717, 1.165) is 12.1 Å². The molecule has 196 valence electrons. The molecule has 0 aliphatic carbocycles. The van der Waals surface area contributed by atoms with Gasteiger partial charge in [-0.15, -0.1) is 0 Å². The highest BCUT2D eigenvalue weighted by molar-refractivity contribution is 6.06. The number of esters is 1. The predicted octanol–water partition coefficient (Wildman–Crippen LogP) is 5.61. The summed E-state index contributed by atoms with van der Waals surface area (Å²) in [6.07, 6.45) is 0. The van der Waals surface area contributed by atoms with Crippen LogP contribution in [0.5, 0.6) is 23.0 Å². The van der Waals surface area contributed by atoms with Crippen LogP contribution in [-0.2, 0) is 10.3 Å². The van der Waals surface area contributed by atoms with Gasteiger partial charge in [-0.1, -0.05) is 18.2 Å². The number of rotatable bonds is 2. The quantitative estimate of drug-likeness (QED) is 0.132. The molecule has 12 heteroatoms. The molecule has 0 saturated heterocycles. The smallest absolute Gasteiger partial charge is 0.340 e. The molecule has 2 heterocycles. The average Bonchev–Trinajstić information content (AvgIpc) is 3.18. The fourth-order valence-corrected chi connectivity index (χ4v) is 4.87. The molecule has 2 aliphatic heterocycles. The number of anilines is 1. The van der Waals surface area contributed by atoms with Crippen molar-refractivity contribution in [3.63, 3.8) is 0 Å². The van der Waals surface area contributed by atoms with Crippen LogP contribution in [0.15, 0.2) is 54.6 Å². The molecule has 6 rings (SSSR count). The SMILES string of the molecule is O=C1OC2(c3ccc(O)cc3Oc3cc(O)cc(NC(=O)c4c(F)c(F)c(F)c(F)c4F)c32)c2ccccc21. The summed E-state index contributed by atoms with van der Waals surface area (Å²) in [4.78, 5) is 25.9. The van der Waals surface area contributed by atoms with Gasteiger partial charge < -0.3 is 25.0 Å². The second-order valence-electron chi connectivity index (χ2n) is 8.66. The third kappa shape index (κ3) is 3.27. The van der Waals surface area contributed by atoms with Crippen LogP contribution < -0.4 is 10.1 Å². The van der Waals surface area contributed by atoms with Crippen molar-refractivity contribution in [2.45, 2.75) is 5.60 Å². The second-order valence-corrected chi connectivity index (χ2v) is 8.66. The van der Waals surface area contributed by atoms with Crippen molar-refractivity contribution < 1.29 is 51.2 Å². The summed E-state index contributed by atoms with van der Waals surface area (Å²) in [5.41, 5.74) is -3.67. The molecular formula is C27H12F5NO6. The molecule has 0 bridgehead atoms. The van der Waals surface area contributed by atoms with E-state index in [1.165, 1.54) is 30.3 Å². The standard InChI is InChI=1S/C27H12F5NO6/c28-20-18(21(29)23(31)24(32)22(20)30)25(36)33-15-7-11(35)9-17-19(15)27(14-6-5-10(34)8-16(14)38-17)13-4-2-1-3-12(13)26(37)39-27/h1-9,34-35H,(H,33,36). The van der Waals surface area contributed by atoms with E-state index in [1.54, 1.807) is 12.1 Å². The number of benzene rings is 4. The van der Waals surface area contributed by atoms with Crippen LogP contribution in [0.25, 0.3) is 0 Å². The van der Waals surface area contributed by atoms with E-state index in [4.69, 9.17) is 9.47 Å². The zero-order valence-electron chi connectivity index (χ0n) is 19.1. The highest BCUT2D eigenvalue weighted by Gasteiger charge is 2.55. The van der Waals surface area contributed by atoms with Crippen molar-refractivity contribution in [3.8, 4) is 23.0 Å². The normalized spacial score (nSPS) is 16.7. The molecule has 1 unspecified atom stereocenters. The fraction of sp³-hybridized carbons (Fsp3) is 0.0370. The van der Waals surface area contributed by atoms with Gasteiger partial charge in [0.1, 0.15) is 28.6 Å². The van der Waals surface area contributed by atoms with E-state index in [2.05, 4.69) is 5.32 Å². The van der Waals surface area contributed by atoms with Crippen LogP contribution in [0.3, 0.4) is 0 Å². The largest absolute Gasteiger partial charge is 0.508 e. The van der Waals surface area contributed by atoms with E-state index in [1.807, 2.05) is 0 Å². The number of ether oxygens (including phenoxy) is 2. The first-order valence-electron chi connectivity index (χ1n) is 11.1. The highest BCUT2D eigenvalue weighted by Crippen LogP contribution is 2.59. The van der Waals surface area contributed by atoms with Gasteiger partial charge in [0, 0.05) is 29.3 Å². The highest BCUT2D eigenvalue weighted by atomic mass is 19.2. The number of aromatic hydroxyl groups is 2. The Morgan fingerprint density at radius 1 is 0.769 bits per heavy atom. The number of phenols is 2. The lowest BCUT2D eigenvalue weighted by Gasteiger charge is -2.37. The minimum atomic E-state index is -2.45. The summed E-state index contributed by atoms with van der Waals surface area (Å²) in [5.74, 6) is -15.3. The van der Waals surface area contributed by atoms with Crippen LogP contribution >= 0.6 is 0 Å². The Balaban J connectivity index is 1.61. The molecule has 7 nitrogen and oxygen atoms in total. The Morgan fingerprint density at radius 3 is 2.13 bits per heavy atom. The van der Waals surface area contributed by atoms with Gasteiger partial charge >= 0.3 is 5.97 Å². The van der Waals surface area contributed by atoms with Crippen molar-refractivity contribution in [1.82, 2.24) is 0 Å². The fourth-order valence-electron chi connectivity index (χ4n) is 4.87. The van der Waals surface area contributed by atoms with E-state index < -0.39 is 63.6 Å². The maximum Gasteiger partial charge on any atom is 0.340 e. The van der Waals surface area contributed by atoms with Gasteiger partial charge in [0.15, 0.2) is 28.9 Å². The predicted molar refractivity (Wildman–Crippen MR) is 122 cm³/mol. The summed E-state index contributed by atoms with van der Waals surface area (Å²) in [6.45, 7) is 0. The lowest BCUT2D eigenvalue weighted by atomic mass is 9.77. The van der Waals surface area contributed by atoms with Gasteiger partial charge in [0.05, 0.1) is 16.8 Å². The summed E-state index contributed by atoms with van der Waals surface area (Å²) in [7, 11) is 0. The van der Waals surface area contributed by atoms with Gasteiger partial charge in [-0.05, 0) is 18.2 Å². The molecule has 0 fully saturated rings. The molecule has 1 atom stereocenters. The first-order chi connectivity index (χ1) is 18.5. The Hall–Kier alpha value is -5.13. The van der Waals surface area contributed by atoms with Crippen molar-refractivity contribution in [2.75, 3.05) is 5.32 Å². The zero-order chi connectivity index (χ0) is 27.8. The van der Waals surface area contributed by atoms with Crippen LogP contribution in [0.1, 0.15) is 37.4 Å². The average molecular weight is 541 g/mol. The lowest BCUT2D eigenvalue weighted by Crippen LogP contribution is -2.34. The molecule has 4 aromatic rings. The Kier molecular flexibility index (Phi) is 5.08. The van der Waals surface area contributed by atoms with Crippen molar-refractivity contribution in [2.24, 2.45) is 0 Å². The molecular weight excluding hydrogens is 529 g/mol. The minimum absolute atomic E-state index is 0.00893. The Labute approximate surface area is 214 Å². The molecule has 0 radical (unpaired) electrons. The van der Waals surface area contributed by atoms with Crippen LogP contribution in [0.2, 0.25) is 0 Å². The van der Waals surface area contributed by atoms with E-state index in [0.29, 0.717) is 0 Å². The van der Waals surface area contributed by atoms with Gasteiger partial charge in [0.2, 0.25) is 5.82 Å². The monoisotopic (exact) mass is 541 g/mol. The number of nitrogens with one attached hydrogen (secondary N) is 1. The molecule has 1 spiro atoms. The number of amides is 1. The number of carbonyl (C=O) groups is 2. The van der Waals surface area contributed by atoms with Crippen LogP contribution in [0.4, 0.5) is 27.6 Å². The summed E-state index contributed by atoms with van der Waals surface area (Å²) < 4.78 is 81.7. The summed E-state index contributed by atoms with van der Waals surface area (Å²) >= 11 is 0. The van der Waals surface area contributed by atoms with Crippen molar-refractivity contribution in [3.05, 3.63) is 112 Å². The number of halogens is 5. The number of carbonyl (C=O) groups excluding carboxylic acids is 2. The van der Waals surface area contributed by atoms with Crippen LogP contribution in [-0.4, -0.2) is 22.1 Å². The van der Waals surface area contributed by atoms with Gasteiger partial charge in [0.25, 0.3) is 5.91 Å². The molecule has 0 aromatic heterocycles. The maximum atomic E-state index is 14.4. The maximum absolute atomic E-state index is 14.4. The van der Waals surface area contributed by atoms with E-state index in [-0.39, 0.29) is 39.5 Å². The number of fused-ring (bicyclic) bond motifs is 6. The molecule has 0 saturated carbocycles. The first kappa shape index (κ1) is 24.2. The molecule has 1 amide bonds. The number of phenolic OH excluding ortho intramolecular Hbond substituents is 2. The van der Waals surface area contributed by atoms with Crippen molar-refractivity contribution in [1.29, 1.82) is 0 Å². The van der Waals surface area contributed by atoms with Crippen LogP contribution in [0, 0.1) is 29.1 Å². The third-order valence-corrected chi connectivity index (χ3v) is 6.46. The second kappa shape index (κ2) is 8.18. The molecule has 3 N–H and O–H groups in total. The molecule has 2 aliphatic rings. The van der Waals surface area contributed by atoms with E-state index >= 15 is 0 Å². The summed E-state index contributed by atoms with van der Waals surface area (Å²) in [6, 6.07) is 12.0. The Bertz CT molecular complexity index is 1750. The number of hydrogen-bond acceptors (Lipinski definition) is 6. The summed E-state index contributed by atoms with van der Waals surface area (Å²) in [5, 5.41) is 22.5. The lowest BCUT2D eigenvalue weighted by molar-refractivity contribution is 0.0226. The number of hydrogen-bond donors (Lipinski definition) is 3. The third-order valence-electron chi connectivity index (χ3n) is 6.46. The molecule has 39 heavy (non-hydrogen) atoms. The van der Waals surface area contributed by atoms with Gasteiger partial charge in [-0.2, -0.15) is 0 Å². The molecule has 4 aromatic carbocycles. The van der Waals surface area contributed by atoms with Gasteiger partial charge in [-0.25, -0.2) is 26.7 Å². The van der Waals surface area contributed by atoms with Gasteiger partial charge in [-0.3, -0.25) is 4.79 Å². The first-order valence-corrected chi connectivity index (χ1v) is 11.1.